The Labute approximate surface area is 150 Å². The topological polar surface area (TPSA) is 105 Å². The fraction of sp³-hybridized carbons (Fsp3) is 0.353. The summed E-state index contributed by atoms with van der Waals surface area (Å²) in [5.41, 5.74) is 0.882. The van der Waals surface area contributed by atoms with Crippen LogP contribution in [0.2, 0.25) is 0 Å². The molecule has 0 aliphatic carbocycles. The minimum atomic E-state index is -0.0819. The summed E-state index contributed by atoms with van der Waals surface area (Å²) in [6.45, 7) is 1.78. The quantitative estimate of drug-likeness (QED) is 0.723. The number of rotatable bonds is 5. The van der Waals surface area contributed by atoms with E-state index in [0.29, 0.717) is 18.2 Å². The lowest BCUT2D eigenvalue weighted by Gasteiger charge is -2.24. The Morgan fingerprint density at radius 2 is 2.19 bits per heavy atom. The number of amides is 2. The molecule has 0 radical (unpaired) electrons. The first-order valence-electron chi connectivity index (χ1n) is 8.63. The fourth-order valence-electron chi connectivity index (χ4n) is 3.18. The van der Waals surface area contributed by atoms with Crippen LogP contribution < -0.4 is 5.32 Å². The van der Waals surface area contributed by atoms with Crippen molar-refractivity contribution in [2.24, 2.45) is 0 Å². The summed E-state index contributed by atoms with van der Waals surface area (Å²) in [6, 6.07) is 5.66. The lowest BCUT2D eigenvalue weighted by atomic mass is 10.2. The number of hydrogen-bond acceptors (Lipinski definition) is 5. The van der Waals surface area contributed by atoms with E-state index >= 15 is 0 Å². The molecule has 26 heavy (non-hydrogen) atoms. The molecule has 9 heteroatoms. The molecule has 1 saturated heterocycles. The van der Waals surface area contributed by atoms with Crippen LogP contribution in [0.15, 0.2) is 43.0 Å². The Balaban J connectivity index is 1.34. The fourth-order valence-corrected chi connectivity index (χ4v) is 3.18. The molecule has 2 amide bonds. The van der Waals surface area contributed by atoms with Crippen molar-refractivity contribution in [1.29, 1.82) is 0 Å². The van der Waals surface area contributed by atoms with Gasteiger partial charge in [-0.05, 0) is 31.0 Å². The third-order valence-corrected chi connectivity index (χ3v) is 4.47. The van der Waals surface area contributed by atoms with Crippen molar-refractivity contribution in [2.45, 2.75) is 32.0 Å². The number of pyridine rings is 1. The normalized spacial score (nSPS) is 16.8. The van der Waals surface area contributed by atoms with Crippen molar-refractivity contribution in [2.75, 3.05) is 6.54 Å². The largest absolute Gasteiger partial charge is 0.331 e. The summed E-state index contributed by atoms with van der Waals surface area (Å²) < 4.78 is 1.87. The first-order valence-corrected chi connectivity index (χ1v) is 8.63. The molecule has 0 spiro atoms. The molecular formula is C17H20N8O. The van der Waals surface area contributed by atoms with Gasteiger partial charge < -0.3 is 10.2 Å². The molecule has 0 unspecified atom stereocenters. The van der Waals surface area contributed by atoms with Crippen molar-refractivity contribution in [1.82, 2.24) is 40.2 Å². The first-order chi connectivity index (χ1) is 12.8. The van der Waals surface area contributed by atoms with Crippen LogP contribution in [0.25, 0.3) is 11.4 Å². The number of carbonyl (C=O) groups is 1. The van der Waals surface area contributed by atoms with E-state index in [0.717, 1.165) is 31.5 Å². The van der Waals surface area contributed by atoms with E-state index in [1.165, 1.54) is 0 Å². The molecule has 1 aliphatic rings. The monoisotopic (exact) mass is 352 g/mol. The van der Waals surface area contributed by atoms with Crippen LogP contribution in [0.4, 0.5) is 4.79 Å². The number of hydrogen-bond donors (Lipinski definition) is 2. The van der Waals surface area contributed by atoms with Gasteiger partial charge in [0, 0.05) is 36.9 Å². The highest BCUT2D eigenvalue weighted by Gasteiger charge is 2.29. The molecule has 4 rings (SSSR count). The number of H-pyrrole nitrogens is 1. The highest BCUT2D eigenvalue weighted by molar-refractivity contribution is 5.74. The predicted octanol–water partition coefficient (Wildman–Crippen LogP) is 1.44. The molecule has 0 saturated carbocycles. The van der Waals surface area contributed by atoms with E-state index in [9.17, 15) is 4.79 Å². The van der Waals surface area contributed by atoms with Crippen LogP contribution in [0.1, 0.15) is 18.7 Å². The van der Waals surface area contributed by atoms with Gasteiger partial charge in [0.05, 0.1) is 19.1 Å². The summed E-state index contributed by atoms with van der Waals surface area (Å²) in [5.74, 6) is 1.21. The summed E-state index contributed by atoms with van der Waals surface area (Å²) in [6.07, 6.45) is 9.06. The van der Waals surface area contributed by atoms with Crippen LogP contribution in [0.3, 0.4) is 0 Å². The number of aromatic nitrogens is 6. The summed E-state index contributed by atoms with van der Waals surface area (Å²) in [4.78, 5) is 22.8. The van der Waals surface area contributed by atoms with Gasteiger partial charge in [-0.3, -0.25) is 14.8 Å². The number of nitrogens with zero attached hydrogens (tertiary/aromatic N) is 6. The molecule has 1 atom stereocenters. The van der Waals surface area contributed by atoms with Gasteiger partial charge in [0.2, 0.25) is 0 Å². The van der Waals surface area contributed by atoms with Gasteiger partial charge in [-0.15, -0.1) is 0 Å². The summed E-state index contributed by atoms with van der Waals surface area (Å²) in [7, 11) is 0. The minimum absolute atomic E-state index is 0.0819. The number of likely N-dealkylation sites (tertiary alicyclic amines) is 1. The number of urea groups is 1. The molecule has 134 valence electrons. The molecule has 4 heterocycles. The van der Waals surface area contributed by atoms with Crippen molar-refractivity contribution >= 4 is 6.03 Å². The molecule has 2 N–H and O–H groups in total. The summed E-state index contributed by atoms with van der Waals surface area (Å²) in [5, 5.41) is 14.2. The SMILES string of the molecule is O=C(NCc1nc(-c2ccncc2)n[nH]1)N1CCC[C@H]1Cn1cccn1. The highest BCUT2D eigenvalue weighted by atomic mass is 16.2. The van der Waals surface area contributed by atoms with E-state index in [-0.39, 0.29) is 12.1 Å². The zero-order valence-electron chi connectivity index (χ0n) is 14.2. The maximum Gasteiger partial charge on any atom is 0.318 e. The zero-order chi connectivity index (χ0) is 17.8. The van der Waals surface area contributed by atoms with Gasteiger partial charge >= 0.3 is 6.03 Å². The maximum atomic E-state index is 12.5. The van der Waals surface area contributed by atoms with E-state index in [1.807, 2.05) is 34.0 Å². The smallest absolute Gasteiger partial charge is 0.318 e. The molecule has 9 nitrogen and oxygen atoms in total. The molecule has 1 fully saturated rings. The Morgan fingerprint density at radius 1 is 1.31 bits per heavy atom. The van der Waals surface area contributed by atoms with E-state index in [4.69, 9.17) is 0 Å². The first kappa shape index (κ1) is 16.2. The number of nitrogens with one attached hydrogen (secondary N) is 2. The lowest BCUT2D eigenvalue weighted by molar-refractivity contribution is 0.185. The Bertz CT molecular complexity index is 845. The zero-order valence-corrected chi connectivity index (χ0v) is 14.2. The van der Waals surface area contributed by atoms with Crippen LogP contribution in [-0.4, -0.2) is 53.5 Å². The third-order valence-electron chi connectivity index (χ3n) is 4.47. The summed E-state index contributed by atoms with van der Waals surface area (Å²) >= 11 is 0. The maximum absolute atomic E-state index is 12.5. The van der Waals surface area contributed by atoms with Crippen LogP contribution in [0, 0.1) is 0 Å². The van der Waals surface area contributed by atoms with Gasteiger partial charge in [-0.25, -0.2) is 9.78 Å². The van der Waals surface area contributed by atoms with Crippen molar-refractivity contribution < 1.29 is 4.79 Å². The Hall–Kier alpha value is -3.23. The molecule has 3 aromatic rings. The van der Waals surface area contributed by atoms with Gasteiger partial charge in [-0.1, -0.05) is 0 Å². The second-order valence-electron chi connectivity index (χ2n) is 6.22. The van der Waals surface area contributed by atoms with Gasteiger partial charge in [-0.2, -0.15) is 10.2 Å². The van der Waals surface area contributed by atoms with Crippen LogP contribution in [0.5, 0.6) is 0 Å². The van der Waals surface area contributed by atoms with E-state index in [2.05, 4.69) is 30.6 Å². The Morgan fingerprint density at radius 3 is 3.00 bits per heavy atom. The van der Waals surface area contributed by atoms with Gasteiger partial charge in [0.25, 0.3) is 0 Å². The van der Waals surface area contributed by atoms with E-state index in [1.54, 1.807) is 18.6 Å². The number of aromatic amines is 1. The van der Waals surface area contributed by atoms with Crippen LogP contribution in [-0.2, 0) is 13.1 Å². The number of carbonyl (C=O) groups excluding carboxylic acids is 1. The van der Waals surface area contributed by atoms with Gasteiger partial charge in [0.1, 0.15) is 5.82 Å². The van der Waals surface area contributed by atoms with Crippen molar-refractivity contribution in [3.05, 3.63) is 48.8 Å². The molecule has 1 aliphatic heterocycles. The molecule has 0 aromatic carbocycles. The molecule has 0 bridgehead atoms. The third kappa shape index (κ3) is 3.56. The second kappa shape index (κ2) is 7.34. The van der Waals surface area contributed by atoms with Crippen molar-refractivity contribution in [3.8, 4) is 11.4 Å². The average molecular weight is 352 g/mol. The lowest BCUT2D eigenvalue weighted by Crippen LogP contribution is -2.44. The molecular weight excluding hydrogens is 332 g/mol. The molecule has 3 aromatic heterocycles. The highest BCUT2D eigenvalue weighted by Crippen LogP contribution is 2.19. The average Bonchev–Trinajstić information content (AvgIpc) is 3.43. The Kier molecular flexibility index (Phi) is 4.59. The van der Waals surface area contributed by atoms with E-state index < -0.39 is 0 Å². The minimum Gasteiger partial charge on any atom is -0.331 e. The second-order valence-corrected chi connectivity index (χ2v) is 6.22. The predicted molar refractivity (Wildman–Crippen MR) is 93.8 cm³/mol. The van der Waals surface area contributed by atoms with Gasteiger partial charge in [0.15, 0.2) is 5.82 Å². The van der Waals surface area contributed by atoms with Crippen LogP contribution >= 0.6 is 0 Å². The standard InChI is InChI=1S/C17H20N8O/c26-17(25-10-1-3-14(25)12-24-9-2-6-20-24)19-11-15-21-16(23-22-15)13-4-7-18-8-5-13/h2,4-9,14H,1,3,10-12H2,(H,19,26)(H,21,22,23)/t14-/m0/s1. The van der Waals surface area contributed by atoms with Crippen molar-refractivity contribution in [3.63, 3.8) is 0 Å².